The van der Waals surface area contributed by atoms with Gasteiger partial charge in [-0.25, -0.2) is 4.79 Å². The van der Waals surface area contributed by atoms with Crippen LogP contribution < -0.4 is 16.4 Å². The molecule has 0 spiro atoms. The van der Waals surface area contributed by atoms with Gasteiger partial charge in [-0.05, 0) is 70.1 Å². The van der Waals surface area contributed by atoms with Gasteiger partial charge in [0.2, 0.25) is 17.7 Å². The number of alkyl carbamates (subject to hydrolysis) is 1. The van der Waals surface area contributed by atoms with Gasteiger partial charge >= 0.3 is 6.09 Å². The fourth-order valence-corrected chi connectivity index (χ4v) is 6.58. The Morgan fingerprint density at radius 1 is 1.00 bits per heavy atom. The monoisotopic (exact) mass is 564 g/mol. The fraction of sp³-hybridized carbons (Fsp3) is 0.867. The summed E-state index contributed by atoms with van der Waals surface area (Å²) in [6.07, 6.45) is 7.60. The molecule has 0 aromatic heterocycles. The van der Waals surface area contributed by atoms with Crippen LogP contribution in [0.15, 0.2) is 0 Å². The molecule has 0 radical (unpaired) electrons. The number of nitrogens with two attached hydrogens (primary N) is 1. The molecular formula is C30H52N4O6. The van der Waals surface area contributed by atoms with Gasteiger partial charge in [-0.1, -0.05) is 58.8 Å². The van der Waals surface area contributed by atoms with E-state index in [1.807, 2.05) is 0 Å². The van der Waals surface area contributed by atoms with Gasteiger partial charge in [0.25, 0.3) is 0 Å². The Balaban J connectivity index is 1.87. The van der Waals surface area contributed by atoms with E-state index < -0.39 is 41.8 Å². The van der Waals surface area contributed by atoms with Crippen molar-refractivity contribution in [3.05, 3.63) is 0 Å². The molecule has 6 atom stereocenters. The quantitative estimate of drug-likeness (QED) is 0.302. The number of nitrogens with one attached hydrogen (secondary N) is 2. The second-order valence-corrected chi connectivity index (χ2v) is 13.3. The first kappa shape index (κ1) is 32.2. The minimum atomic E-state index is -1.50. The van der Waals surface area contributed by atoms with Crippen molar-refractivity contribution in [3.63, 3.8) is 0 Å². The van der Waals surface area contributed by atoms with E-state index in [0.717, 1.165) is 57.8 Å². The Morgan fingerprint density at radius 3 is 2.17 bits per heavy atom. The van der Waals surface area contributed by atoms with Crippen molar-refractivity contribution in [1.29, 1.82) is 0 Å². The molecule has 3 rings (SSSR count). The molecule has 0 aromatic carbocycles. The molecule has 1 aliphatic heterocycles. The van der Waals surface area contributed by atoms with Crippen LogP contribution in [0.3, 0.4) is 0 Å². The maximum absolute atomic E-state index is 14.2. The first-order valence-corrected chi connectivity index (χ1v) is 15.4. The smallest absolute Gasteiger partial charge is 0.408 e. The summed E-state index contributed by atoms with van der Waals surface area (Å²) in [7, 11) is 0. The van der Waals surface area contributed by atoms with E-state index in [4.69, 9.17) is 10.5 Å². The number of ether oxygens (including phenoxy) is 1. The van der Waals surface area contributed by atoms with Crippen molar-refractivity contribution < 1.29 is 29.0 Å². The molecule has 3 fully saturated rings. The second kappa shape index (κ2) is 14.0. The van der Waals surface area contributed by atoms with Gasteiger partial charge in [0.15, 0.2) is 6.10 Å². The number of aliphatic hydroxyl groups excluding tert-OH is 1. The van der Waals surface area contributed by atoms with Gasteiger partial charge < -0.3 is 31.1 Å². The number of nitrogens with zero attached hydrogens (tertiary/aromatic N) is 1. The number of hydrogen-bond acceptors (Lipinski definition) is 6. The summed E-state index contributed by atoms with van der Waals surface area (Å²) >= 11 is 0. The minimum Gasteiger partial charge on any atom is -0.444 e. The summed E-state index contributed by atoms with van der Waals surface area (Å²) in [6.45, 7) is 9.89. The van der Waals surface area contributed by atoms with Crippen molar-refractivity contribution in [2.24, 2.45) is 29.4 Å². The maximum atomic E-state index is 14.2. The molecule has 0 bridgehead atoms. The van der Waals surface area contributed by atoms with E-state index >= 15 is 0 Å². The molecule has 10 heteroatoms. The molecule has 2 aliphatic carbocycles. The lowest BCUT2D eigenvalue weighted by atomic mass is 9.79. The molecule has 1 saturated heterocycles. The van der Waals surface area contributed by atoms with Gasteiger partial charge in [-0.2, -0.15) is 0 Å². The van der Waals surface area contributed by atoms with E-state index in [2.05, 4.69) is 24.5 Å². The number of carbonyl (C=O) groups is 4. The Morgan fingerprint density at radius 2 is 1.65 bits per heavy atom. The summed E-state index contributed by atoms with van der Waals surface area (Å²) in [6, 6.07) is -2.36. The molecule has 40 heavy (non-hydrogen) atoms. The van der Waals surface area contributed by atoms with Crippen molar-refractivity contribution in [3.8, 4) is 0 Å². The zero-order valence-corrected chi connectivity index (χ0v) is 25.1. The van der Waals surface area contributed by atoms with Gasteiger partial charge in [-0.3, -0.25) is 14.4 Å². The van der Waals surface area contributed by atoms with Crippen LogP contribution in [0.4, 0.5) is 4.79 Å². The molecule has 4 amide bonds. The Kier molecular flexibility index (Phi) is 11.3. The van der Waals surface area contributed by atoms with Crippen LogP contribution in [0.5, 0.6) is 0 Å². The van der Waals surface area contributed by atoms with Crippen molar-refractivity contribution in [1.82, 2.24) is 15.5 Å². The molecule has 3 aliphatic rings. The van der Waals surface area contributed by atoms with Crippen LogP contribution in [0, 0.1) is 23.7 Å². The van der Waals surface area contributed by atoms with Crippen molar-refractivity contribution in [2.75, 3.05) is 6.54 Å². The highest BCUT2D eigenvalue weighted by molar-refractivity contribution is 5.93. The van der Waals surface area contributed by atoms with Crippen LogP contribution in [0.25, 0.3) is 0 Å². The number of aliphatic hydroxyl groups is 1. The standard InChI is InChI=1S/C30H52N4O6/c1-6-18(2)21-15-16-34(24(21)27(37)32-22(25(35)26(31)36)17-19-11-10-12-19)28(38)23(20-13-8-7-9-14-20)33-29(39)40-30(3,4)5/h18-25,35H,6-17H2,1-5H3,(H2,31,36)(H,32,37)(H,33,39)/t18-,21?,22?,23-,24-,25?/m0/s1. The third-order valence-corrected chi connectivity index (χ3v) is 9.24. The lowest BCUT2D eigenvalue weighted by molar-refractivity contribution is -0.143. The lowest BCUT2D eigenvalue weighted by Crippen LogP contribution is -2.60. The number of rotatable bonds is 11. The summed E-state index contributed by atoms with van der Waals surface area (Å²) in [4.78, 5) is 54.5. The molecule has 10 nitrogen and oxygen atoms in total. The third-order valence-electron chi connectivity index (χ3n) is 9.24. The average molecular weight is 565 g/mol. The highest BCUT2D eigenvalue weighted by Crippen LogP contribution is 2.36. The van der Waals surface area contributed by atoms with Crippen molar-refractivity contribution in [2.45, 2.75) is 135 Å². The second-order valence-electron chi connectivity index (χ2n) is 13.3. The SMILES string of the molecule is CC[C@H](C)C1CCN(C(=O)[C@@H](NC(=O)OC(C)(C)C)C2CCCCC2)[C@@H]1C(=O)NC(CC1CCC1)C(O)C(N)=O. The Bertz CT molecular complexity index is 895. The number of hydrogen-bond donors (Lipinski definition) is 4. The largest absolute Gasteiger partial charge is 0.444 e. The molecule has 5 N–H and O–H groups in total. The predicted molar refractivity (Wildman–Crippen MR) is 152 cm³/mol. The highest BCUT2D eigenvalue weighted by Gasteiger charge is 2.47. The van der Waals surface area contributed by atoms with E-state index in [0.29, 0.717) is 25.3 Å². The van der Waals surface area contributed by atoms with Gasteiger partial charge in [0.05, 0.1) is 6.04 Å². The fourth-order valence-electron chi connectivity index (χ4n) is 6.58. The zero-order valence-electron chi connectivity index (χ0n) is 25.1. The van der Waals surface area contributed by atoms with Crippen LogP contribution >= 0.6 is 0 Å². The van der Waals surface area contributed by atoms with Crippen LogP contribution in [0.2, 0.25) is 0 Å². The summed E-state index contributed by atoms with van der Waals surface area (Å²) in [5, 5.41) is 16.4. The number of carbonyl (C=O) groups excluding carboxylic acids is 4. The predicted octanol–water partition coefficient (Wildman–Crippen LogP) is 3.24. The minimum absolute atomic E-state index is 0.0387. The zero-order chi connectivity index (χ0) is 29.6. The van der Waals surface area contributed by atoms with Crippen LogP contribution in [-0.4, -0.2) is 70.2 Å². The van der Waals surface area contributed by atoms with Crippen molar-refractivity contribution >= 4 is 23.8 Å². The van der Waals surface area contributed by atoms with E-state index in [-0.39, 0.29) is 29.6 Å². The van der Waals surface area contributed by atoms with Gasteiger partial charge in [-0.15, -0.1) is 0 Å². The lowest BCUT2D eigenvalue weighted by Gasteiger charge is -2.37. The Hall–Kier alpha value is -2.36. The summed E-state index contributed by atoms with van der Waals surface area (Å²) < 4.78 is 5.51. The maximum Gasteiger partial charge on any atom is 0.408 e. The number of primary amides is 1. The molecule has 228 valence electrons. The molecule has 1 heterocycles. The summed E-state index contributed by atoms with van der Waals surface area (Å²) in [5.74, 6) is -1.15. The highest BCUT2D eigenvalue weighted by atomic mass is 16.6. The van der Waals surface area contributed by atoms with E-state index in [1.54, 1.807) is 25.7 Å². The van der Waals surface area contributed by atoms with Crippen LogP contribution in [-0.2, 0) is 19.1 Å². The molecular weight excluding hydrogens is 512 g/mol. The average Bonchev–Trinajstić information content (AvgIpc) is 3.32. The Labute approximate surface area is 239 Å². The first-order valence-electron chi connectivity index (χ1n) is 15.4. The molecule has 3 unspecified atom stereocenters. The normalized spacial score (nSPS) is 25.3. The van der Waals surface area contributed by atoms with Crippen LogP contribution in [0.1, 0.15) is 105 Å². The summed E-state index contributed by atoms with van der Waals surface area (Å²) in [5.41, 5.74) is 4.72. The molecule has 2 saturated carbocycles. The topological polar surface area (TPSA) is 151 Å². The number of amides is 4. The van der Waals surface area contributed by atoms with Gasteiger partial charge in [0.1, 0.15) is 17.7 Å². The van der Waals surface area contributed by atoms with Gasteiger partial charge in [0, 0.05) is 6.54 Å². The first-order chi connectivity index (χ1) is 18.8. The number of likely N-dealkylation sites (tertiary alicyclic amines) is 1. The molecule has 0 aromatic rings. The third kappa shape index (κ3) is 8.33. The van der Waals surface area contributed by atoms with E-state index in [9.17, 15) is 24.3 Å². The van der Waals surface area contributed by atoms with E-state index in [1.165, 1.54) is 0 Å².